The van der Waals surface area contributed by atoms with Gasteiger partial charge in [-0.3, -0.25) is 4.79 Å². The Bertz CT molecular complexity index is 561. The first kappa shape index (κ1) is 13.7. The Morgan fingerprint density at radius 2 is 2.00 bits per heavy atom. The molecule has 0 fully saturated rings. The molecule has 0 saturated carbocycles. The van der Waals surface area contributed by atoms with E-state index in [9.17, 15) is 4.79 Å². The highest BCUT2D eigenvalue weighted by Crippen LogP contribution is 2.29. The summed E-state index contributed by atoms with van der Waals surface area (Å²) in [6.45, 7) is 4.23. The fourth-order valence-corrected chi connectivity index (χ4v) is 2.34. The maximum Gasteiger partial charge on any atom is 0.230 e. The Kier molecular flexibility index (Phi) is 3.96. The average Bonchev–Trinajstić information content (AvgIpc) is 2.89. The number of carbonyl (C=O) groups is 1. The van der Waals surface area contributed by atoms with Gasteiger partial charge in [-0.05, 0) is 37.6 Å². The number of halogens is 1. The first-order valence-electron chi connectivity index (χ1n) is 6.17. The van der Waals surface area contributed by atoms with Crippen molar-refractivity contribution in [3.8, 4) is 0 Å². The Hall–Kier alpha value is -1.74. The van der Waals surface area contributed by atoms with Gasteiger partial charge >= 0.3 is 0 Å². The predicted octanol–water partition coefficient (Wildman–Crippen LogP) is 3.26. The van der Waals surface area contributed by atoms with Gasteiger partial charge in [-0.1, -0.05) is 29.8 Å². The van der Waals surface area contributed by atoms with Gasteiger partial charge in [0.15, 0.2) is 0 Å². The van der Waals surface area contributed by atoms with Crippen LogP contribution in [0.5, 0.6) is 0 Å². The molecule has 0 aliphatic carbocycles. The lowest BCUT2D eigenvalue weighted by molar-refractivity contribution is -0.125. The number of aromatic amines is 1. The number of benzene rings is 1. The zero-order valence-electron chi connectivity index (χ0n) is 11.0. The molecule has 19 heavy (non-hydrogen) atoms. The maximum absolute atomic E-state index is 12.3. The van der Waals surface area contributed by atoms with Crippen molar-refractivity contribution < 1.29 is 4.79 Å². The van der Waals surface area contributed by atoms with Gasteiger partial charge in [0.2, 0.25) is 5.91 Å². The van der Waals surface area contributed by atoms with Crippen molar-refractivity contribution in [3.63, 3.8) is 0 Å². The molecule has 0 saturated heterocycles. The van der Waals surface area contributed by atoms with Crippen molar-refractivity contribution in [1.82, 2.24) is 10.3 Å². The van der Waals surface area contributed by atoms with E-state index in [0.29, 0.717) is 11.6 Å². The SMILES string of the molecule is CC(C)(C(=O)NCc1ccc[nH]1)c1ccccc1Cl. The third-order valence-electron chi connectivity index (χ3n) is 3.22. The van der Waals surface area contributed by atoms with Crippen molar-refractivity contribution in [2.75, 3.05) is 0 Å². The molecule has 0 unspecified atom stereocenters. The van der Waals surface area contributed by atoms with Crippen LogP contribution in [0.2, 0.25) is 5.02 Å². The molecule has 2 aromatic rings. The molecule has 0 spiro atoms. The molecular weight excluding hydrogens is 260 g/mol. The summed E-state index contributed by atoms with van der Waals surface area (Å²) in [6.07, 6.45) is 1.83. The largest absolute Gasteiger partial charge is 0.364 e. The lowest BCUT2D eigenvalue weighted by Crippen LogP contribution is -2.39. The standard InChI is InChI=1S/C15H17ClN2O/c1-15(2,12-7-3-4-8-13(12)16)14(19)18-10-11-6-5-9-17-11/h3-9,17H,10H2,1-2H3,(H,18,19). The number of carbonyl (C=O) groups excluding carboxylic acids is 1. The molecule has 1 aromatic heterocycles. The molecule has 3 nitrogen and oxygen atoms in total. The minimum Gasteiger partial charge on any atom is -0.364 e. The molecule has 1 aromatic carbocycles. The number of hydrogen-bond acceptors (Lipinski definition) is 1. The van der Waals surface area contributed by atoms with Gasteiger partial charge < -0.3 is 10.3 Å². The second kappa shape index (κ2) is 5.49. The number of aromatic nitrogens is 1. The van der Waals surface area contributed by atoms with Gasteiger partial charge in [0.25, 0.3) is 0 Å². The van der Waals surface area contributed by atoms with Crippen molar-refractivity contribution in [2.24, 2.45) is 0 Å². The third-order valence-corrected chi connectivity index (χ3v) is 3.55. The number of amides is 1. The first-order valence-corrected chi connectivity index (χ1v) is 6.55. The van der Waals surface area contributed by atoms with Crippen LogP contribution in [0.3, 0.4) is 0 Å². The number of nitrogens with one attached hydrogen (secondary N) is 2. The zero-order chi connectivity index (χ0) is 13.9. The summed E-state index contributed by atoms with van der Waals surface area (Å²) >= 11 is 6.17. The van der Waals surface area contributed by atoms with E-state index in [1.54, 1.807) is 6.07 Å². The topological polar surface area (TPSA) is 44.9 Å². The van der Waals surface area contributed by atoms with Crippen molar-refractivity contribution in [2.45, 2.75) is 25.8 Å². The Labute approximate surface area is 118 Å². The van der Waals surface area contributed by atoms with Crippen LogP contribution in [-0.4, -0.2) is 10.9 Å². The van der Waals surface area contributed by atoms with E-state index in [4.69, 9.17) is 11.6 Å². The van der Waals surface area contributed by atoms with Gasteiger partial charge in [-0.2, -0.15) is 0 Å². The van der Waals surface area contributed by atoms with E-state index in [2.05, 4.69) is 10.3 Å². The average molecular weight is 277 g/mol. The molecule has 0 atom stereocenters. The Balaban J connectivity index is 2.11. The molecule has 4 heteroatoms. The van der Waals surface area contributed by atoms with Crippen LogP contribution in [0.4, 0.5) is 0 Å². The maximum atomic E-state index is 12.3. The highest BCUT2D eigenvalue weighted by molar-refractivity contribution is 6.31. The normalized spacial score (nSPS) is 11.3. The minimum absolute atomic E-state index is 0.0461. The van der Waals surface area contributed by atoms with Crippen molar-refractivity contribution in [3.05, 3.63) is 58.9 Å². The summed E-state index contributed by atoms with van der Waals surface area (Å²) in [4.78, 5) is 15.4. The summed E-state index contributed by atoms with van der Waals surface area (Å²) in [6, 6.07) is 11.3. The molecule has 2 N–H and O–H groups in total. The van der Waals surface area contributed by atoms with Crippen LogP contribution in [-0.2, 0) is 16.8 Å². The molecule has 1 heterocycles. The van der Waals surface area contributed by atoms with E-state index < -0.39 is 5.41 Å². The molecule has 100 valence electrons. The Morgan fingerprint density at radius 3 is 2.63 bits per heavy atom. The molecule has 0 aliphatic heterocycles. The van der Waals surface area contributed by atoms with E-state index in [0.717, 1.165) is 11.3 Å². The second-order valence-corrected chi connectivity index (χ2v) is 5.39. The van der Waals surface area contributed by atoms with Crippen molar-refractivity contribution in [1.29, 1.82) is 0 Å². The fourth-order valence-electron chi connectivity index (χ4n) is 1.96. The third kappa shape index (κ3) is 2.99. The van der Waals surface area contributed by atoms with Crippen LogP contribution in [0.1, 0.15) is 25.1 Å². The van der Waals surface area contributed by atoms with Crippen LogP contribution < -0.4 is 5.32 Å². The molecule has 0 aliphatic rings. The van der Waals surface area contributed by atoms with Crippen molar-refractivity contribution >= 4 is 17.5 Å². The quantitative estimate of drug-likeness (QED) is 0.884. The van der Waals surface area contributed by atoms with Crippen LogP contribution in [0, 0.1) is 0 Å². The molecular formula is C15H17ClN2O. The number of H-pyrrole nitrogens is 1. The lowest BCUT2D eigenvalue weighted by atomic mass is 9.83. The molecule has 0 bridgehead atoms. The summed E-state index contributed by atoms with van der Waals surface area (Å²) < 4.78 is 0. The van der Waals surface area contributed by atoms with Gasteiger partial charge in [-0.15, -0.1) is 0 Å². The molecule has 0 radical (unpaired) electrons. The van der Waals surface area contributed by atoms with Gasteiger partial charge in [0, 0.05) is 16.9 Å². The fraction of sp³-hybridized carbons (Fsp3) is 0.267. The van der Waals surface area contributed by atoms with E-state index in [1.807, 2.05) is 50.4 Å². The molecule has 2 rings (SSSR count). The summed E-state index contributed by atoms with van der Waals surface area (Å²) in [7, 11) is 0. The highest BCUT2D eigenvalue weighted by Gasteiger charge is 2.31. The van der Waals surface area contributed by atoms with Gasteiger partial charge in [0.1, 0.15) is 0 Å². The summed E-state index contributed by atoms with van der Waals surface area (Å²) in [5.41, 5.74) is 1.15. The van der Waals surface area contributed by atoms with E-state index in [-0.39, 0.29) is 5.91 Å². The van der Waals surface area contributed by atoms with Gasteiger partial charge in [0.05, 0.1) is 12.0 Å². The smallest absolute Gasteiger partial charge is 0.230 e. The predicted molar refractivity (Wildman–Crippen MR) is 77.1 cm³/mol. The molecule has 1 amide bonds. The van der Waals surface area contributed by atoms with Crippen LogP contribution in [0.15, 0.2) is 42.6 Å². The second-order valence-electron chi connectivity index (χ2n) is 4.98. The minimum atomic E-state index is -0.662. The number of hydrogen-bond donors (Lipinski definition) is 2. The van der Waals surface area contributed by atoms with Crippen LogP contribution >= 0.6 is 11.6 Å². The lowest BCUT2D eigenvalue weighted by Gasteiger charge is -2.25. The monoisotopic (exact) mass is 276 g/mol. The van der Waals surface area contributed by atoms with E-state index >= 15 is 0 Å². The van der Waals surface area contributed by atoms with E-state index in [1.165, 1.54) is 0 Å². The Morgan fingerprint density at radius 1 is 1.26 bits per heavy atom. The van der Waals surface area contributed by atoms with Crippen LogP contribution in [0.25, 0.3) is 0 Å². The summed E-state index contributed by atoms with van der Waals surface area (Å²) in [5.74, 6) is -0.0461. The summed E-state index contributed by atoms with van der Waals surface area (Å²) in [5, 5.41) is 3.54. The highest BCUT2D eigenvalue weighted by atomic mass is 35.5. The zero-order valence-corrected chi connectivity index (χ0v) is 11.8. The van der Waals surface area contributed by atoms with Gasteiger partial charge in [-0.25, -0.2) is 0 Å². The first-order chi connectivity index (χ1) is 9.01. The number of rotatable bonds is 4.